The van der Waals surface area contributed by atoms with Crippen LogP contribution < -0.4 is 0 Å². The van der Waals surface area contributed by atoms with Gasteiger partial charge in [-0.15, -0.1) is 0 Å². The van der Waals surface area contributed by atoms with Gasteiger partial charge in [0.25, 0.3) is 0 Å². The minimum absolute atomic E-state index is 0. The lowest BCUT2D eigenvalue weighted by atomic mass is 10.0. The van der Waals surface area contributed by atoms with Gasteiger partial charge in [0.1, 0.15) is 0 Å². The van der Waals surface area contributed by atoms with Crippen LogP contribution in [0.5, 0.6) is 0 Å². The van der Waals surface area contributed by atoms with Crippen LogP contribution >= 0.6 is 0 Å². The largest absolute Gasteiger partial charge is 0.295 e. The van der Waals surface area contributed by atoms with E-state index >= 15 is 0 Å². The fourth-order valence-corrected chi connectivity index (χ4v) is 0.961. The normalized spacial score (nSPS) is 18.3. The Balaban J connectivity index is 0.000000640. The molecule has 0 saturated heterocycles. The first-order chi connectivity index (χ1) is 3.79. The lowest BCUT2D eigenvalue weighted by Gasteiger charge is -2.04. The second-order valence-corrected chi connectivity index (χ2v) is 2.31. The molecular formula is C8H14O. The van der Waals surface area contributed by atoms with Gasteiger partial charge in [0.15, 0.2) is 5.78 Å². The Bertz CT molecular complexity index is 134. The standard InChI is InChI=1S/C7H10O.CH4/c1-6-3-2-4-7(8)5-6;/h5H,2-4H2,1H3;1H4. The van der Waals surface area contributed by atoms with Crippen LogP contribution in [-0.4, -0.2) is 5.78 Å². The Hall–Kier alpha value is -0.590. The maximum absolute atomic E-state index is 10.6. The van der Waals surface area contributed by atoms with E-state index in [0.29, 0.717) is 5.78 Å². The maximum Gasteiger partial charge on any atom is 0.155 e. The van der Waals surface area contributed by atoms with E-state index in [0.717, 1.165) is 19.3 Å². The van der Waals surface area contributed by atoms with Crippen LogP contribution in [0.25, 0.3) is 0 Å². The molecule has 0 saturated carbocycles. The third-order valence-corrected chi connectivity index (χ3v) is 1.40. The number of allylic oxidation sites excluding steroid dienone is 2. The summed E-state index contributed by atoms with van der Waals surface area (Å²) in [5, 5.41) is 0. The van der Waals surface area contributed by atoms with Gasteiger partial charge in [-0.3, -0.25) is 4.79 Å². The Morgan fingerprint density at radius 3 is 2.44 bits per heavy atom. The zero-order chi connectivity index (χ0) is 5.98. The number of rotatable bonds is 0. The smallest absolute Gasteiger partial charge is 0.155 e. The molecule has 0 bridgehead atoms. The van der Waals surface area contributed by atoms with Crippen LogP contribution in [0.1, 0.15) is 33.6 Å². The highest BCUT2D eigenvalue weighted by Gasteiger charge is 2.04. The zero-order valence-corrected chi connectivity index (χ0v) is 5.11. The molecule has 0 aromatic rings. The van der Waals surface area contributed by atoms with Gasteiger partial charge < -0.3 is 0 Å². The fraction of sp³-hybridized carbons (Fsp3) is 0.625. The SMILES string of the molecule is C.CC1=CC(=O)CCC1. The summed E-state index contributed by atoms with van der Waals surface area (Å²) in [4.78, 5) is 10.6. The fourth-order valence-electron chi connectivity index (χ4n) is 0.961. The van der Waals surface area contributed by atoms with Crippen LogP contribution in [0.4, 0.5) is 0 Å². The molecule has 0 fully saturated rings. The lowest BCUT2D eigenvalue weighted by molar-refractivity contribution is -0.115. The van der Waals surface area contributed by atoms with Gasteiger partial charge >= 0.3 is 0 Å². The topological polar surface area (TPSA) is 17.1 Å². The molecule has 0 radical (unpaired) electrons. The first-order valence-corrected chi connectivity index (χ1v) is 2.99. The molecule has 1 aliphatic rings. The van der Waals surface area contributed by atoms with E-state index in [1.54, 1.807) is 6.08 Å². The van der Waals surface area contributed by atoms with Gasteiger partial charge in [0, 0.05) is 6.42 Å². The average Bonchev–Trinajstić information content (AvgIpc) is 1.64. The molecule has 0 aromatic heterocycles. The van der Waals surface area contributed by atoms with Crippen molar-refractivity contribution in [1.29, 1.82) is 0 Å². The molecule has 9 heavy (non-hydrogen) atoms. The van der Waals surface area contributed by atoms with Crippen molar-refractivity contribution >= 4 is 5.78 Å². The summed E-state index contributed by atoms with van der Waals surface area (Å²) < 4.78 is 0. The summed E-state index contributed by atoms with van der Waals surface area (Å²) in [6.45, 7) is 2.01. The van der Waals surface area contributed by atoms with E-state index in [2.05, 4.69) is 0 Å². The van der Waals surface area contributed by atoms with E-state index in [4.69, 9.17) is 0 Å². The Labute approximate surface area is 56.8 Å². The zero-order valence-electron chi connectivity index (χ0n) is 5.11. The number of carbonyl (C=O) groups excluding carboxylic acids is 1. The van der Waals surface area contributed by atoms with E-state index in [-0.39, 0.29) is 7.43 Å². The molecule has 0 spiro atoms. The second kappa shape index (κ2) is 3.44. The van der Waals surface area contributed by atoms with Gasteiger partial charge in [-0.1, -0.05) is 13.0 Å². The van der Waals surface area contributed by atoms with Crippen LogP contribution in [0.15, 0.2) is 11.6 Å². The molecule has 1 nitrogen and oxygen atoms in total. The number of ketones is 1. The first kappa shape index (κ1) is 8.41. The quantitative estimate of drug-likeness (QED) is 0.487. The predicted octanol–water partition coefficient (Wildman–Crippen LogP) is 2.32. The number of carbonyl (C=O) groups is 1. The lowest BCUT2D eigenvalue weighted by Crippen LogP contribution is -1.99. The van der Waals surface area contributed by atoms with Gasteiger partial charge in [-0.2, -0.15) is 0 Å². The third-order valence-electron chi connectivity index (χ3n) is 1.40. The van der Waals surface area contributed by atoms with Gasteiger partial charge in [-0.05, 0) is 25.8 Å². The molecule has 0 aliphatic heterocycles. The molecule has 0 amide bonds. The molecule has 0 aromatic carbocycles. The Morgan fingerprint density at radius 1 is 1.44 bits per heavy atom. The van der Waals surface area contributed by atoms with Crippen LogP contribution in [-0.2, 0) is 4.79 Å². The predicted molar refractivity (Wildman–Crippen MR) is 39.3 cm³/mol. The maximum atomic E-state index is 10.6. The van der Waals surface area contributed by atoms with Gasteiger partial charge in [0.05, 0.1) is 0 Å². The molecular weight excluding hydrogens is 112 g/mol. The summed E-state index contributed by atoms with van der Waals surface area (Å²) in [5.41, 5.74) is 1.24. The molecule has 1 heteroatoms. The molecule has 1 aliphatic carbocycles. The monoisotopic (exact) mass is 126 g/mol. The highest BCUT2D eigenvalue weighted by Crippen LogP contribution is 2.12. The van der Waals surface area contributed by atoms with Crippen molar-refractivity contribution in [1.82, 2.24) is 0 Å². The van der Waals surface area contributed by atoms with Crippen LogP contribution in [0, 0.1) is 0 Å². The van der Waals surface area contributed by atoms with Crippen molar-refractivity contribution in [3.8, 4) is 0 Å². The van der Waals surface area contributed by atoms with Crippen molar-refractivity contribution in [2.45, 2.75) is 33.6 Å². The highest BCUT2D eigenvalue weighted by molar-refractivity contribution is 5.90. The Morgan fingerprint density at radius 2 is 2.11 bits per heavy atom. The van der Waals surface area contributed by atoms with Crippen LogP contribution in [0.3, 0.4) is 0 Å². The first-order valence-electron chi connectivity index (χ1n) is 2.99. The van der Waals surface area contributed by atoms with E-state index in [1.807, 2.05) is 6.92 Å². The summed E-state index contributed by atoms with van der Waals surface area (Å²) in [6.07, 6.45) is 4.69. The van der Waals surface area contributed by atoms with Crippen molar-refractivity contribution in [3.05, 3.63) is 11.6 Å². The molecule has 1 rings (SSSR count). The number of hydrogen-bond acceptors (Lipinski definition) is 1. The Kier molecular flexibility index (Phi) is 3.21. The summed E-state index contributed by atoms with van der Waals surface area (Å²) in [5.74, 6) is 0.300. The van der Waals surface area contributed by atoms with Crippen molar-refractivity contribution in [2.24, 2.45) is 0 Å². The van der Waals surface area contributed by atoms with Gasteiger partial charge in [0.2, 0.25) is 0 Å². The molecule has 0 atom stereocenters. The van der Waals surface area contributed by atoms with Crippen molar-refractivity contribution in [3.63, 3.8) is 0 Å². The second-order valence-electron chi connectivity index (χ2n) is 2.31. The van der Waals surface area contributed by atoms with E-state index < -0.39 is 0 Å². The summed E-state index contributed by atoms with van der Waals surface area (Å²) in [6, 6.07) is 0. The molecule has 0 heterocycles. The molecule has 0 N–H and O–H groups in total. The highest BCUT2D eigenvalue weighted by atomic mass is 16.1. The van der Waals surface area contributed by atoms with E-state index in [9.17, 15) is 4.79 Å². The molecule has 0 unspecified atom stereocenters. The van der Waals surface area contributed by atoms with Crippen molar-refractivity contribution < 1.29 is 4.79 Å². The van der Waals surface area contributed by atoms with E-state index in [1.165, 1.54) is 5.57 Å². The van der Waals surface area contributed by atoms with Crippen molar-refractivity contribution in [2.75, 3.05) is 0 Å². The minimum atomic E-state index is 0. The summed E-state index contributed by atoms with van der Waals surface area (Å²) in [7, 11) is 0. The summed E-state index contributed by atoms with van der Waals surface area (Å²) >= 11 is 0. The van der Waals surface area contributed by atoms with Crippen LogP contribution in [0.2, 0.25) is 0 Å². The number of hydrogen-bond donors (Lipinski definition) is 0. The minimum Gasteiger partial charge on any atom is -0.295 e. The third kappa shape index (κ3) is 2.45. The molecule has 52 valence electrons. The van der Waals surface area contributed by atoms with Gasteiger partial charge in [-0.25, -0.2) is 0 Å². The average molecular weight is 126 g/mol.